The summed E-state index contributed by atoms with van der Waals surface area (Å²) in [5, 5.41) is 0. The normalized spacial score (nSPS) is 1.00. The number of rotatable bonds is 0. The maximum atomic E-state index is 5.25. The topological polar surface area (TPSA) is 49.8 Å². The molecule has 0 aromatic carbocycles. The van der Waals surface area contributed by atoms with Crippen LogP contribution in [0, 0.1) is 64.0 Å². The SMILES string of the molecule is [CH3-].[CH3-].[CH3-].[Ce+4].[NH-]N. The van der Waals surface area contributed by atoms with E-state index in [1.807, 2.05) is 0 Å². The van der Waals surface area contributed by atoms with Crippen molar-refractivity contribution in [2.45, 2.75) is 0 Å². The van der Waals surface area contributed by atoms with Crippen LogP contribution in [0.25, 0.3) is 5.84 Å². The Balaban J connectivity index is -0.000000000833. The van der Waals surface area contributed by atoms with E-state index < -0.39 is 0 Å². The second-order valence-corrected chi connectivity index (χ2v) is 0. The van der Waals surface area contributed by atoms with Gasteiger partial charge in [0.05, 0.1) is 0 Å². The minimum Gasteiger partial charge on any atom is -0.615 e. The number of nitrogens with two attached hydrogens (primary N) is 1. The van der Waals surface area contributed by atoms with Crippen LogP contribution in [0.1, 0.15) is 0 Å². The van der Waals surface area contributed by atoms with Gasteiger partial charge in [-0.25, -0.2) is 0 Å². The molecule has 0 aromatic rings. The number of hydrogen-bond acceptors (Lipinski definition) is 1. The third-order valence-electron chi connectivity index (χ3n) is 0. The minimum absolute atomic E-state index is 0. The maximum Gasteiger partial charge on any atom is 4.00 e. The fourth-order valence-electron chi connectivity index (χ4n) is 0. The van der Waals surface area contributed by atoms with E-state index in [-0.39, 0.29) is 64.0 Å². The Morgan fingerprint density at radius 3 is 0.833 bits per heavy atom. The van der Waals surface area contributed by atoms with Crippen molar-refractivity contribution in [3.8, 4) is 0 Å². The molecule has 0 spiro atoms. The van der Waals surface area contributed by atoms with Gasteiger partial charge in [-0.15, -0.1) is 0 Å². The first-order valence-corrected chi connectivity index (χ1v) is 0.289. The molecule has 6 heavy (non-hydrogen) atoms. The van der Waals surface area contributed by atoms with Gasteiger partial charge in [-0.1, -0.05) is 0 Å². The molecule has 0 bridgehead atoms. The van der Waals surface area contributed by atoms with Crippen LogP contribution in [-0.4, -0.2) is 0 Å². The van der Waals surface area contributed by atoms with E-state index in [0.717, 1.165) is 0 Å². The Hall–Kier alpha value is 1.30. The minimum atomic E-state index is 0. The number of nitrogens with one attached hydrogen (secondary N) is 1. The van der Waals surface area contributed by atoms with Crippen LogP contribution >= 0.6 is 0 Å². The molecule has 3 heteroatoms. The van der Waals surface area contributed by atoms with E-state index in [1.54, 1.807) is 0 Å². The monoisotopic (exact) mass is 216 g/mol. The van der Waals surface area contributed by atoms with Crippen LogP contribution in [0.3, 0.4) is 0 Å². The van der Waals surface area contributed by atoms with Gasteiger partial charge < -0.3 is 34.0 Å². The molecule has 2 nitrogen and oxygen atoms in total. The van der Waals surface area contributed by atoms with Crippen molar-refractivity contribution in [1.29, 1.82) is 0 Å². The van der Waals surface area contributed by atoms with Crippen molar-refractivity contribution in [2.75, 3.05) is 0 Å². The third-order valence-corrected chi connectivity index (χ3v) is 0. The first-order valence-electron chi connectivity index (χ1n) is 0.289. The zero-order valence-electron chi connectivity index (χ0n) is 4.58. The van der Waals surface area contributed by atoms with Gasteiger partial charge in [-0.05, 0) is 0 Å². The summed E-state index contributed by atoms with van der Waals surface area (Å²) in [7, 11) is 0. The summed E-state index contributed by atoms with van der Waals surface area (Å²) in [6.45, 7) is 0. The van der Waals surface area contributed by atoms with Crippen LogP contribution in [0.4, 0.5) is 0 Å². The fraction of sp³-hybridized carbons (Fsp3) is 0. The van der Waals surface area contributed by atoms with E-state index in [1.165, 1.54) is 0 Å². The Morgan fingerprint density at radius 2 is 0.833 bits per heavy atom. The van der Waals surface area contributed by atoms with Gasteiger partial charge >= 0.3 is 41.7 Å². The van der Waals surface area contributed by atoms with E-state index in [9.17, 15) is 0 Å². The first-order chi connectivity index (χ1) is 1.00. The molecule has 0 amide bonds. The zero-order valence-corrected chi connectivity index (χ0v) is 7.72. The van der Waals surface area contributed by atoms with Crippen LogP contribution in [0.2, 0.25) is 0 Å². The van der Waals surface area contributed by atoms with Crippen molar-refractivity contribution in [3.63, 3.8) is 0 Å². The average molecular weight is 216 g/mol. The van der Waals surface area contributed by atoms with Crippen molar-refractivity contribution in [1.82, 2.24) is 0 Å². The van der Waals surface area contributed by atoms with Crippen molar-refractivity contribution in [2.24, 2.45) is 5.84 Å². The largest absolute Gasteiger partial charge is 4.00 e. The van der Waals surface area contributed by atoms with Crippen LogP contribution in [0.5, 0.6) is 0 Å². The van der Waals surface area contributed by atoms with E-state index >= 15 is 0 Å². The van der Waals surface area contributed by atoms with Gasteiger partial charge in [0.1, 0.15) is 0 Å². The molecule has 0 aliphatic carbocycles. The van der Waals surface area contributed by atoms with Gasteiger partial charge in [-0.2, -0.15) is 0 Å². The Kier molecular flexibility index (Phi) is 960. The van der Waals surface area contributed by atoms with Gasteiger partial charge in [-0.3, -0.25) is 0 Å². The fourth-order valence-corrected chi connectivity index (χ4v) is 0. The van der Waals surface area contributed by atoms with Crippen molar-refractivity contribution >= 4 is 0 Å². The smallest absolute Gasteiger partial charge is 0.615 e. The summed E-state index contributed by atoms with van der Waals surface area (Å²) < 4.78 is 0. The molecule has 0 aliphatic rings. The second kappa shape index (κ2) is 105. The standard InChI is InChI=1S/3CH3.Ce.H3N2/c;;;;1-2/h3*1H3;;1H,2H2/q3*-1;+4;-1. The Labute approximate surface area is 75.0 Å². The molecular weight excluding hydrogens is 204 g/mol. The molecule has 0 radical (unpaired) electrons. The maximum absolute atomic E-state index is 5.25. The zero-order chi connectivity index (χ0) is 2.00. The molecular formula is C3H12CeN2. The van der Waals surface area contributed by atoms with Crippen LogP contribution in [-0.2, 0) is 0 Å². The molecule has 0 heterocycles. The van der Waals surface area contributed by atoms with Gasteiger partial charge in [0.25, 0.3) is 0 Å². The summed E-state index contributed by atoms with van der Waals surface area (Å²) in [6.07, 6.45) is 0. The first kappa shape index (κ1) is 54.8. The van der Waals surface area contributed by atoms with Crippen molar-refractivity contribution < 1.29 is 41.7 Å². The summed E-state index contributed by atoms with van der Waals surface area (Å²) in [4.78, 5) is 0. The van der Waals surface area contributed by atoms with Crippen molar-refractivity contribution in [3.05, 3.63) is 28.1 Å². The summed E-state index contributed by atoms with van der Waals surface area (Å²) >= 11 is 0. The second-order valence-electron chi connectivity index (χ2n) is 0. The molecule has 0 rings (SSSR count). The quantitative estimate of drug-likeness (QED) is 0.370. The van der Waals surface area contributed by atoms with Crippen LogP contribution < -0.4 is 5.84 Å². The van der Waals surface area contributed by atoms with Gasteiger partial charge in [0, 0.05) is 0 Å². The molecule has 0 saturated heterocycles. The molecule has 0 atom stereocenters. The van der Waals surface area contributed by atoms with Gasteiger partial charge in [0.2, 0.25) is 0 Å². The van der Waals surface area contributed by atoms with E-state index in [2.05, 4.69) is 5.84 Å². The predicted molar refractivity (Wildman–Crippen MR) is 27.8 cm³/mol. The molecule has 0 aromatic heterocycles. The molecule has 0 aliphatic heterocycles. The van der Waals surface area contributed by atoms with E-state index in [4.69, 9.17) is 5.84 Å². The predicted octanol–water partition coefficient (Wildman–Crippen LogP) is 1.26. The van der Waals surface area contributed by atoms with Gasteiger partial charge in [0.15, 0.2) is 0 Å². The van der Waals surface area contributed by atoms with Crippen LogP contribution in [0.15, 0.2) is 0 Å². The molecule has 3 N–H and O–H groups in total. The summed E-state index contributed by atoms with van der Waals surface area (Å²) in [5.74, 6) is 9.00. The summed E-state index contributed by atoms with van der Waals surface area (Å²) in [6, 6.07) is 0. The number of hydrogen-bond donors (Lipinski definition) is 1. The molecule has 0 unspecified atom stereocenters. The average Bonchev–Trinajstić information content (AvgIpc) is 1.00. The van der Waals surface area contributed by atoms with E-state index in [0.29, 0.717) is 0 Å². The molecule has 38 valence electrons. The third kappa shape index (κ3) is 58.2. The Bertz CT molecular complexity index is 8.75. The summed E-state index contributed by atoms with van der Waals surface area (Å²) in [5.41, 5.74) is 0. The molecule has 0 fully saturated rings. The molecule has 0 saturated carbocycles. The Morgan fingerprint density at radius 1 is 0.833 bits per heavy atom.